The van der Waals surface area contributed by atoms with Gasteiger partial charge in [0.1, 0.15) is 10.6 Å². The molecule has 2 rings (SSSR count). The van der Waals surface area contributed by atoms with Gasteiger partial charge >= 0.3 is 0 Å². The Bertz CT molecular complexity index is 668. The Balaban J connectivity index is 2.14. The molecule has 0 radical (unpaired) electrons. The largest absolute Gasteiger partial charge is 0.598 e. The molecule has 0 aliphatic rings. The van der Waals surface area contributed by atoms with E-state index in [9.17, 15) is 8.94 Å². The first-order chi connectivity index (χ1) is 10.7. The minimum Gasteiger partial charge on any atom is -0.598 e. The van der Waals surface area contributed by atoms with E-state index in [2.05, 4.69) is 9.71 Å². The molecule has 0 aliphatic carbocycles. The highest BCUT2D eigenvalue weighted by Gasteiger charge is 2.28. The monoisotopic (exact) mass is 334 g/mol. The third kappa shape index (κ3) is 4.53. The first kappa shape index (κ1) is 17.9. The van der Waals surface area contributed by atoms with Crippen molar-refractivity contribution < 1.29 is 8.94 Å². The normalized spacial score (nSPS) is 14.6. The van der Waals surface area contributed by atoms with E-state index in [-0.39, 0.29) is 16.6 Å². The molecular weight excluding hydrogens is 311 g/mol. The molecule has 1 N–H and O–H groups in total. The number of hydrogen-bond acceptors (Lipinski definition) is 3. The van der Waals surface area contributed by atoms with E-state index in [1.807, 2.05) is 45.9 Å². The number of rotatable bonds is 4. The summed E-state index contributed by atoms with van der Waals surface area (Å²) in [7, 11) is 0. The number of halogens is 1. The lowest BCUT2D eigenvalue weighted by atomic mass is 10.0. The smallest absolute Gasteiger partial charge is 0.136 e. The van der Waals surface area contributed by atoms with Gasteiger partial charge in [-0.2, -0.15) is 0 Å². The fraction of sp³-hybridized carbons (Fsp3) is 0.389. The highest BCUT2D eigenvalue weighted by atomic mass is 32.2. The van der Waals surface area contributed by atoms with Crippen molar-refractivity contribution in [3.05, 3.63) is 53.6 Å². The van der Waals surface area contributed by atoms with Crippen molar-refractivity contribution in [3.8, 4) is 11.1 Å². The zero-order chi connectivity index (χ0) is 17.2. The third-order valence-corrected chi connectivity index (χ3v) is 5.24. The molecule has 0 aliphatic heterocycles. The first-order valence-electron chi connectivity index (χ1n) is 7.59. The maximum Gasteiger partial charge on any atom is 0.136 e. The van der Waals surface area contributed by atoms with Crippen molar-refractivity contribution in [2.24, 2.45) is 0 Å². The second-order valence-corrected chi connectivity index (χ2v) is 8.65. The van der Waals surface area contributed by atoms with Gasteiger partial charge in [0.2, 0.25) is 0 Å². The number of aryl methyl sites for hydroxylation is 1. The lowest BCUT2D eigenvalue weighted by molar-refractivity contribution is 0.529. The van der Waals surface area contributed by atoms with E-state index in [4.69, 9.17) is 0 Å². The fourth-order valence-electron chi connectivity index (χ4n) is 2.05. The van der Waals surface area contributed by atoms with Crippen LogP contribution in [0.5, 0.6) is 0 Å². The number of nitrogens with zero attached hydrogens (tertiary/aromatic N) is 1. The molecule has 124 valence electrons. The summed E-state index contributed by atoms with van der Waals surface area (Å²) in [5.41, 5.74) is 3.30. The molecule has 0 fully saturated rings. The van der Waals surface area contributed by atoms with Gasteiger partial charge in [-0.15, -0.1) is 4.72 Å². The topological polar surface area (TPSA) is 48.0 Å². The van der Waals surface area contributed by atoms with Crippen molar-refractivity contribution in [2.45, 2.75) is 45.4 Å². The minimum atomic E-state index is -1.15. The SMILES string of the molecule is Cc1cc(-c2ccc(C(C)N[S@@+]([O-])C(C)(C)C)nc2)ccc1F. The van der Waals surface area contributed by atoms with E-state index in [0.717, 1.165) is 16.8 Å². The molecule has 1 unspecified atom stereocenters. The molecule has 2 aromatic rings. The molecule has 2 atom stereocenters. The number of hydrogen-bond donors (Lipinski definition) is 1. The summed E-state index contributed by atoms with van der Waals surface area (Å²) in [4.78, 5) is 4.45. The second kappa shape index (κ2) is 6.99. The van der Waals surface area contributed by atoms with Crippen molar-refractivity contribution in [3.63, 3.8) is 0 Å². The van der Waals surface area contributed by atoms with E-state index < -0.39 is 11.4 Å². The van der Waals surface area contributed by atoms with E-state index in [0.29, 0.717) is 5.56 Å². The quantitative estimate of drug-likeness (QED) is 0.848. The summed E-state index contributed by atoms with van der Waals surface area (Å²) in [5.74, 6) is -0.208. The minimum absolute atomic E-state index is 0.112. The molecular formula is C18H23FN2OS. The Labute approximate surface area is 140 Å². The van der Waals surface area contributed by atoms with Gasteiger partial charge in [0.15, 0.2) is 0 Å². The number of aromatic nitrogens is 1. The molecule has 0 amide bonds. The van der Waals surface area contributed by atoms with E-state index >= 15 is 0 Å². The highest BCUT2D eigenvalue weighted by Crippen LogP contribution is 2.23. The van der Waals surface area contributed by atoms with Gasteiger partial charge in [-0.3, -0.25) is 4.98 Å². The maximum absolute atomic E-state index is 13.3. The summed E-state index contributed by atoms with van der Waals surface area (Å²) >= 11 is -1.15. The van der Waals surface area contributed by atoms with E-state index in [1.54, 1.807) is 19.2 Å². The van der Waals surface area contributed by atoms with Gasteiger partial charge in [-0.1, -0.05) is 12.1 Å². The van der Waals surface area contributed by atoms with Gasteiger partial charge in [0.25, 0.3) is 0 Å². The van der Waals surface area contributed by atoms with Crippen LogP contribution in [0.2, 0.25) is 0 Å². The maximum atomic E-state index is 13.3. The van der Waals surface area contributed by atoms with Gasteiger partial charge in [-0.25, -0.2) is 4.39 Å². The average molecular weight is 334 g/mol. The van der Waals surface area contributed by atoms with Gasteiger partial charge in [-0.05, 0) is 63.9 Å². The predicted octanol–water partition coefficient (Wildman–Crippen LogP) is 4.31. The standard InChI is InChI=1S/C18H23FN2OS/c1-12-10-14(6-8-16(12)19)15-7-9-17(20-11-15)13(2)21-23(22)18(3,4)5/h6-11,13,21H,1-5H3/t13?,23-/m0/s1. The molecule has 1 aromatic carbocycles. The van der Waals surface area contributed by atoms with Crippen LogP contribution in [0.15, 0.2) is 36.5 Å². The van der Waals surface area contributed by atoms with E-state index in [1.165, 1.54) is 6.07 Å². The third-order valence-electron chi connectivity index (χ3n) is 3.56. The zero-order valence-electron chi connectivity index (χ0n) is 14.2. The number of nitrogens with one attached hydrogen (secondary N) is 1. The van der Waals surface area contributed by atoms with Crippen LogP contribution >= 0.6 is 0 Å². The molecule has 0 spiro atoms. The van der Waals surface area contributed by atoms with Crippen LogP contribution in [-0.4, -0.2) is 14.3 Å². The lowest BCUT2D eigenvalue weighted by Gasteiger charge is -2.26. The predicted molar refractivity (Wildman–Crippen MR) is 93.8 cm³/mol. The Morgan fingerprint density at radius 2 is 1.83 bits per heavy atom. The summed E-state index contributed by atoms with van der Waals surface area (Å²) in [5, 5.41) is 0. The van der Waals surface area contributed by atoms with Crippen molar-refractivity contribution in [1.29, 1.82) is 0 Å². The summed E-state index contributed by atoms with van der Waals surface area (Å²) in [6, 6.07) is 8.77. The first-order valence-corrected chi connectivity index (χ1v) is 8.74. The molecule has 1 heterocycles. The van der Waals surface area contributed by atoms with Gasteiger partial charge < -0.3 is 4.55 Å². The molecule has 1 aromatic heterocycles. The Morgan fingerprint density at radius 1 is 1.17 bits per heavy atom. The van der Waals surface area contributed by atoms with Crippen LogP contribution in [0, 0.1) is 12.7 Å². The van der Waals surface area contributed by atoms with Crippen LogP contribution in [-0.2, 0) is 11.4 Å². The molecule has 23 heavy (non-hydrogen) atoms. The van der Waals surface area contributed by atoms with Crippen molar-refractivity contribution in [2.75, 3.05) is 0 Å². The highest BCUT2D eigenvalue weighted by molar-refractivity contribution is 7.90. The number of pyridine rings is 1. The molecule has 0 saturated carbocycles. The van der Waals surface area contributed by atoms with Crippen molar-refractivity contribution >= 4 is 11.4 Å². The Morgan fingerprint density at radius 3 is 2.35 bits per heavy atom. The Kier molecular flexibility index (Phi) is 5.45. The summed E-state index contributed by atoms with van der Waals surface area (Å²) in [6.45, 7) is 9.46. The Hall–Kier alpha value is -1.43. The van der Waals surface area contributed by atoms with Crippen molar-refractivity contribution in [1.82, 2.24) is 9.71 Å². The van der Waals surface area contributed by atoms with Crippen LogP contribution in [0.4, 0.5) is 4.39 Å². The van der Waals surface area contributed by atoms with Crippen LogP contribution in [0.3, 0.4) is 0 Å². The van der Waals surface area contributed by atoms with Gasteiger partial charge in [0, 0.05) is 23.1 Å². The van der Waals surface area contributed by atoms with Crippen LogP contribution < -0.4 is 4.72 Å². The lowest BCUT2D eigenvalue weighted by Crippen LogP contribution is -2.40. The average Bonchev–Trinajstić information content (AvgIpc) is 2.49. The molecule has 3 nitrogen and oxygen atoms in total. The number of benzene rings is 1. The summed E-state index contributed by atoms with van der Waals surface area (Å²) in [6.07, 6.45) is 1.76. The summed E-state index contributed by atoms with van der Waals surface area (Å²) < 4.78 is 28.2. The van der Waals surface area contributed by atoms with Gasteiger partial charge in [0.05, 0.1) is 11.7 Å². The van der Waals surface area contributed by atoms with Crippen LogP contribution in [0.1, 0.15) is 45.0 Å². The second-order valence-electron chi connectivity index (χ2n) is 6.66. The molecule has 0 saturated heterocycles. The molecule has 0 bridgehead atoms. The zero-order valence-corrected chi connectivity index (χ0v) is 15.0. The fourth-order valence-corrected chi connectivity index (χ4v) is 2.85. The molecule has 5 heteroatoms. The van der Waals surface area contributed by atoms with Crippen LogP contribution in [0.25, 0.3) is 11.1 Å².